The van der Waals surface area contributed by atoms with E-state index < -0.39 is 5.97 Å². The maximum Gasteiger partial charge on any atom is 0.307 e. The quantitative estimate of drug-likeness (QED) is 0.906. The third-order valence-corrected chi connectivity index (χ3v) is 4.18. The van der Waals surface area contributed by atoms with Crippen LogP contribution >= 0.6 is 0 Å². The number of methoxy groups -OCH3 is 1. The third-order valence-electron chi connectivity index (χ3n) is 4.18. The Bertz CT molecular complexity index is 797. The Morgan fingerprint density at radius 2 is 2.21 bits per heavy atom. The summed E-state index contributed by atoms with van der Waals surface area (Å²) in [6, 6.07) is 5.71. The second-order valence-corrected chi connectivity index (χ2v) is 5.88. The molecule has 0 spiro atoms. The number of benzene rings is 1. The maximum atomic E-state index is 11.1. The lowest BCUT2D eigenvalue weighted by molar-refractivity contribution is -0.136. The lowest BCUT2D eigenvalue weighted by atomic mass is 9.98. The monoisotopic (exact) mass is 328 g/mol. The van der Waals surface area contributed by atoms with Crippen molar-refractivity contribution in [3.05, 3.63) is 47.3 Å². The molecule has 1 aliphatic rings. The van der Waals surface area contributed by atoms with Gasteiger partial charge in [0.05, 0.1) is 31.5 Å². The number of aliphatic carboxylic acids is 1. The van der Waals surface area contributed by atoms with Crippen LogP contribution in [0.2, 0.25) is 0 Å². The van der Waals surface area contributed by atoms with Crippen LogP contribution in [0.3, 0.4) is 0 Å². The highest BCUT2D eigenvalue weighted by atomic mass is 16.5. The molecule has 126 valence electrons. The first-order valence-corrected chi connectivity index (χ1v) is 7.66. The molecule has 1 unspecified atom stereocenters. The van der Waals surface area contributed by atoms with Crippen molar-refractivity contribution in [3.8, 4) is 5.75 Å². The number of hydrazone groups is 1. The van der Waals surface area contributed by atoms with Gasteiger partial charge in [-0.1, -0.05) is 0 Å². The van der Waals surface area contributed by atoms with Gasteiger partial charge in [-0.05, 0) is 23.8 Å². The molecule has 0 fully saturated rings. The van der Waals surface area contributed by atoms with Crippen LogP contribution in [0.25, 0.3) is 0 Å². The number of carbonyl (C=O) groups is 1. The fraction of sp³-hybridized carbons (Fsp3) is 0.353. The highest BCUT2D eigenvalue weighted by molar-refractivity contribution is 6.02. The number of carboxylic acid groups (broad SMARTS) is 1. The summed E-state index contributed by atoms with van der Waals surface area (Å²) in [7, 11) is 5.37. The van der Waals surface area contributed by atoms with E-state index in [1.54, 1.807) is 17.9 Å². The van der Waals surface area contributed by atoms with Gasteiger partial charge >= 0.3 is 5.97 Å². The summed E-state index contributed by atoms with van der Waals surface area (Å²) < 4.78 is 7.03. The van der Waals surface area contributed by atoms with Gasteiger partial charge in [-0.25, -0.2) is 0 Å². The number of hydrogen-bond donors (Lipinski definition) is 1. The molecule has 2 heterocycles. The number of ether oxygens (including phenoxy) is 1. The predicted octanol–water partition coefficient (Wildman–Crippen LogP) is 1.84. The van der Waals surface area contributed by atoms with Crippen LogP contribution in [0.5, 0.6) is 5.75 Å². The van der Waals surface area contributed by atoms with Crippen molar-refractivity contribution in [1.82, 2.24) is 14.8 Å². The van der Waals surface area contributed by atoms with Crippen LogP contribution < -0.4 is 4.74 Å². The van der Waals surface area contributed by atoms with Gasteiger partial charge in [-0.15, -0.1) is 0 Å². The molecule has 3 rings (SSSR count). The van der Waals surface area contributed by atoms with E-state index in [2.05, 4.69) is 10.2 Å². The summed E-state index contributed by atoms with van der Waals surface area (Å²) in [5, 5.41) is 19.8. The van der Waals surface area contributed by atoms with E-state index >= 15 is 0 Å². The average molecular weight is 328 g/mol. The van der Waals surface area contributed by atoms with E-state index in [-0.39, 0.29) is 12.5 Å². The normalized spacial score (nSPS) is 17.0. The second kappa shape index (κ2) is 6.35. The summed E-state index contributed by atoms with van der Waals surface area (Å²) >= 11 is 0. The van der Waals surface area contributed by atoms with Gasteiger partial charge in [0.15, 0.2) is 0 Å². The molecule has 1 aromatic carbocycles. The predicted molar refractivity (Wildman–Crippen MR) is 89.2 cm³/mol. The summed E-state index contributed by atoms with van der Waals surface area (Å²) in [5.41, 5.74) is 3.61. The standard InChI is InChI=1S/C17H20N4O3/c1-20-10-13(9-18-20)15-8-14(19-21(15)2)11-4-5-16(24-3)12(6-11)7-17(22)23/h4-6,9-10,15H,7-8H2,1-3H3,(H,22,23). The fourth-order valence-corrected chi connectivity index (χ4v) is 3.00. The maximum absolute atomic E-state index is 11.1. The molecule has 0 bridgehead atoms. The molecule has 0 amide bonds. The Kier molecular flexibility index (Phi) is 4.24. The van der Waals surface area contributed by atoms with Crippen LogP contribution in [0.1, 0.15) is 29.2 Å². The minimum atomic E-state index is -0.885. The van der Waals surface area contributed by atoms with Crippen LogP contribution in [0.15, 0.2) is 35.7 Å². The highest BCUT2D eigenvalue weighted by Gasteiger charge is 2.27. The minimum absolute atomic E-state index is 0.0772. The molecule has 1 aromatic heterocycles. The second-order valence-electron chi connectivity index (χ2n) is 5.88. The number of nitrogens with zero attached hydrogens (tertiary/aromatic N) is 4. The van der Waals surface area contributed by atoms with Crippen molar-refractivity contribution in [3.63, 3.8) is 0 Å². The zero-order valence-corrected chi connectivity index (χ0v) is 13.9. The minimum Gasteiger partial charge on any atom is -0.496 e. The molecule has 1 atom stereocenters. The molecule has 2 aromatic rings. The smallest absolute Gasteiger partial charge is 0.307 e. The molecule has 0 saturated heterocycles. The van der Waals surface area contributed by atoms with Gasteiger partial charge in [0, 0.05) is 37.8 Å². The van der Waals surface area contributed by atoms with Gasteiger partial charge < -0.3 is 9.84 Å². The van der Waals surface area contributed by atoms with E-state index in [0.717, 1.165) is 23.3 Å². The van der Waals surface area contributed by atoms with Gasteiger partial charge in [0.1, 0.15) is 5.75 Å². The molecular formula is C17H20N4O3. The summed E-state index contributed by atoms with van der Waals surface area (Å²) in [6.45, 7) is 0. The number of aryl methyl sites for hydroxylation is 1. The molecule has 0 aliphatic carbocycles. The van der Waals surface area contributed by atoms with E-state index in [4.69, 9.17) is 9.84 Å². The van der Waals surface area contributed by atoms with Crippen molar-refractivity contribution in [1.29, 1.82) is 0 Å². The molecule has 1 aliphatic heterocycles. The fourth-order valence-electron chi connectivity index (χ4n) is 3.00. The van der Waals surface area contributed by atoms with E-state index in [1.807, 2.05) is 43.6 Å². The zero-order valence-electron chi connectivity index (χ0n) is 13.9. The lowest BCUT2D eigenvalue weighted by Crippen LogP contribution is -2.13. The first-order valence-electron chi connectivity index (χ1n) is 7.66. The Balaban J connectivity index is 1.87. The van der Waals surface area contributed by atoms with Crippen molar-refractivity contribution in [2.75, 3.05) is 14.2 Å². The van der Waals surface area contributed by atoms with Gasteiger partial charge in [0.2, 0.25) is 0 Å². The Labute approximate surface area is 140 Å². The van der Waals surface area contributed by atoms with Gasteiger partial charge in [-0.2, -0.15) is 10.2 Å². The van der Waals surface area contributed by atoms with Crippen molar-refractivity contribution < 1.29 is 14.6 Å². The van der Waals surface area contributed by atoms with E-state index in [0.29, 0.717) is 11.3 Å². The number of aromatic nitrogens is 2. The summed E-state index contributed by atoms with van der Waals surface area (Å²) in [6.07, 6.45) is 4.51. The van der Waals surface area contributed by atoms with Crippen molar-refractivity contribution in [2.45, 2.75) is 18.9 Å². The molecule has 7 nitrogen and oxygen atoms in total. The van der Waals surface area contributed by atoms with Crippen LogP contribution in [-0.4, -0.2) is 45.7 Å². The lowest BCUT2D eigenvalue weighted by Gasteiger charge is -2.16. The van der Waals surface area contributed by atoms with Gasteiger partial charge in [0.25, 0.3) is 0 Å². The number of rotatable bonds is 5. The molecule has 1 N–H and O–H groups in total. The largest absolute Gasteiger partial charge is 0.496 e. The first-order chi connectivity index (χ1) is 11.5. The molecule has 7 heteroatoms. The Morgan fingerprint density at radius 3 is 2.83 bits per heavy atom. The Hall–Kier alpha value is -2.83. The zero-order chi connectivity index (χ0) is 17.3. The van der Waals surface area contributed by atoms with Crippen LogP contribution in [-0.2, 0) is 18.3 Å². The highest BCUT2D eigenvalue weighted by Crippen LogP contribution is 2.32. The number of hydrogen-bond acceptors (Lipinski definition) is 5. The SMILES string of the molecule is COc1ccc(C2=NN(C)C(c3cnn(C)c3)C2)cc1CC(=O)O. The van der Waals surface area contributed by atoms with Gasteiger partial charge in [-0.3, -0.25) is 14.5 Å². The molecule has 24 heavy (non-hydrogen) atoms. The number of carboxylic acids is 1. The van der Waals surface area contributed by atoms with Crippen molar-refractivity contribution in [2.24, 2.45) is 12.1 Å². The first kappa shape index (κ1) is 16.0. The van der Waals surface area contributed by atoms with E-state index in [9.17, 15) is 4.79 Å². The molecular weight excluding hydrogens is 308 g/mol. The van der Waals surface area contributed by atoms with E-state index in [1.165, 1.54) is 0 Å². The third kappa shape index (κ3) is 3.10. The molecule has 0 radical (unpaired) electrons. The molecule has 0 saturated carbocycles. The van der Waals surface area contributed by atoms with Crippen LogP contribution in [0.4, 0.5) is 0 Å². The van der Waals surface area contributed by atoms with Crippen LogP contribution in [0, 0.1) is 0 Å². The average Bonchev–Trinajstić information content (AvgIpc) is 3.12. The Morgan fingerprint density at radius 1 is 1.42 bits per heavy atom. The van der Waals surface area contributed by atoms with Crippen molar-refractivity contribution >= 4 is 11.7 Å². The summed E-state index contributed by atoms with van der Waals surface area (Å²) in [5.74, 6) is -0.305. The summed E-state index contributed by atoms with van der Waals surface area (Å²) in [4.78, 5) is 11.1. The topological polar surface area (TPSA) is 80.0 Å².